The number of amides is 1. The molecule has 0 spiro atoms. The fourth-order valence-corrected chi connectivity index (χ4v) is 4.46. The number of ketones is 1. The Labute approximate surface area is 207 Å². The molecule has 2 aromatic rings. The van der Waals surface area contributed by atoms with Crippen molar-refractivity contribution in [1.29, 1.82) is 0 Å². The molecule has 3 rings (SSSR count). The van der Waals surface area contributed by atoms with E-state index in [0.29, 0.717) is 43.4 Å². The molecule has 188 valence electrons. The molecule has 7 nitrogen and oxygen atoms in total. The lowest BCUT2D eigenvalue weighted by Crippen LogP contribution is -2.38. The van der Waals surface area contributed by atoms with Crippen molar-refractivity contribution in [3.8, 4) is 11.5 Å². The molecule has 1 heterocycles. The second-order valence-electron chi connectivity index (χ2n) is 8.46. The van der Waals surface area contributed by atoms with Crippen molar-refractivity contribution < 1.29 is 24.2 Å². The lowest BCUT2D eigenvalue weighted by atomic mass is 9.94. The average molecular weight is 481 g/mol. The molecule has 2 aromatic carbocycles. The standard InChI is InChI=1S/C28H36N2O5/c1-6-29(7-2)15-16-30-25(20-12-10-11-19(5)17-20)24(27(32)28(30)33)26(31)22-14-13-21(34-8-3)18-23(22)35-9-4/h10-14,17-18,25,31H,6-9,15-16H2,1-5H3/b26-24-. The second kappa shape index (κ2) is 11.9. The summed E-state index contributed by atoms with van der Waals surface area (Å²) in [7, 11) is 0. The Kier molecular flexibility index (Phi) is 8.93. The first kappa shape index (κ1) is 26.3. The smallest absolute Gasteiger partial charge is 0.295 e. The van der Waals surface area contributed by atoms with Crippen LogP contribution in [0.25, 0.3) is 5.76 Å². The van der Waals surface area contributed by atoms with Crippen molar-refractivity contribution in [1.82, 2.24) is 9.80 Å². The number of aryl methyl sites for hydroxylation is 1. The van der Waals surface area contributed by atoms with Gasteiger partial charge >= 0.3 is 0 Å². The van der Waals surface area contributed by atoms with Crippen LogP contribution in [0.1, 0.15) is 50.4 Å². The summed E-state index contributed by atoms with van der Waals surface area (Å²) in [6, 6.07) is 12.1. The molecule has 1 atom stereocenters. The molecular formula is C28H36N2O5. The predicted molar refractivity (Wildman–Crippen MR) is 137 cm³/mol. The highest BCUT2D eigenvalue weighted by Gasteiger charge is 2.46. The maximum atomic E-state index is 13.3. The number of rotatable bonds is 11. The van der Waals surface area contributed by atoms with Crippen molar-refractivity contribution in [2.24, 2.45) is 0 Å². The van der Waals surface area contributed by atoms with E-state index in [1.165, 1.54) is 0 Å². The quantitative estimate of drug-likeness (QED) is 0.289. The molecule has 1 fully saturated rings. The van der Waals surface area contributed by atoms with E-state index in [1.807, 2.05) is 45.0 Å². The predicted octanol–water partition coefficient (Wildman–Crippen LogP) is 4.56. The molecule has 0 aromatic heterocycles. The molecule has 7 heteroatoms. The van der Waals surface area contributed by atoms with Crippen LogP contribution in [0, 0.1) is 6.92 Å². The minimum atomic E-state index is -0.690. The lowest BCUT2D eigenvalue weighted by molar-refractivity contribution is -0.140. The summed E-state index contributed by atoms with van der Waals surface area (Å²) in [4.78, 5) is 30.3. The molecule has 0 aliphatic carbocycles. The van der Waals surface area contributed by atoms with Gasteiger partial charge in [-0.3, -0.25) is 9.59 Å². The highest BCUT2D eigenvalue weighted by Crippen LogP contribution is 2.41. The zero-order valence-electron chi connectivity index (χ0n) is 21.3. The second-order valence-corrected chi connectivity index (χ2v) is 8.46. The van der Waals surface area contributed by atoms with E-state index in [9.17, 15) is 14.7 Å². The van der Waals surface area contributed by atoms with Crippen LogP contribution in [-0.4, -0.2) is 66.0 Å². The summed E-state index contributed by atoms with van der Waals surface area (Å²) in [5.41, 5.74) is 2.22. The van der Waals surface area contributed by atoms with Crippen LogP contribution >= 0.6 is 0 Å². The third-order valence-electron chi connectivity index (χ3n) is 6.27. The third kappa shape index (κ3) is 5.68. The van der Waals surface area contributed by atoms with E-state index >= 15 is 0 Å². The summed E-state index contributed by atoms with van der Waals surface area (Å²) in [6.45, 7) is 13.4. The maximum Gasteiger partial charge on any atom is 0.295 e. The van der Waals surface area contributed by atoms with E-state index in [-0.39, 0.29) is 11.3 Å². The minimum Gasteiger partial charge on any atom is -0.507 e. The minimum absolute atomic E-state index is 0.0743. The van der Waals surface area contributed by atoms with Gasteiger partial charge < -0.3 is 24.4 Å². The molecule has 35 heavy (non-hydrogen) atoms. The first-order valence-electron chi connectivity index (χ1n) is 12.3. The van der Waals surface area contributed by atoms with Crippen LogP contribution < -0.4 is 9.47 Å². The first-order chi connectivity index (χ1) is 16.9. The molecule has 1 unspecified atom stereocenters. The fourth-order valence-electron chi connectivity index (χ4n) is 4.46. The zero-order chi connectivity index (χ0) is 25.5. The van der Waals surface area contributed by atoms with Gasteiger partial charge in [-0.15, -0.1) is 0 Å². The number of hydrogen-bond donors (Lipinski definition) is 1. The number of likely N-dealkylation sites (tertiary alicyclic amines) is 1. The summed E-state index contributed by atoms with van der Waals surface area (Å²) < 4.78 is 11.3. The highest BCUT2D eigenvalue weighted by atomic mass is 16.5. The van der Waals surface area contributed by atoms with E-state index < -0.39 is 17.7 Å². The Morgan fingerprint density at radius 2 is 1.71 bits per heavy atom. The highest BCUT2D eigenvalue weighted by molar-refractivity contribution is 6.46. The van der Waals surface area contributed by atoms with Gasteiger partial charge in [0.25, 0.3) is 11.7 Å². The average Bonchev–Trinajstić information content (AvgIpc) is 3.10. The molecule has 1 amide bonds. The number of aliphatic hydroxyl groups is 1. The first-order valence-corrected chi connectivity index (χ1v) is 12.3. The number of likely N-dealkylation sites (N-methyl/N-ethyl adjacent to an activating group) is 1. The van der Waals surface area contributed by atoms with E-state index in [1.54, 1.807) is 23.1 Å². The normalized spacial score (nSPS) is 17.3. The topological polar surface area (TPSA) is 79.3 Å². The van der Waals surface area contributed by atoms with Crippen LogP contribution in [-0.2, 0) is 9.59 Å². The monoisotopic (exact) mass is 480 g/mol. The van der Waals surface area contributed by atoms with Crippen LogP contribution in [0.15, 0.2) is 48.0 Å². The van der Waals surface area contributed by atoms with Crippen LogP contribution in [0.5, 0.6) is 11.5 Å². The van der Waals surface area contributed by atoms with Crippen molar-refractivity contribution >= 4 is 17.4 Å². The van der Waals surface area contributed by atoms with Gasteiger partial charge in [0.2, 0.25) is 0 Å². The number of carbonyl (C=O) groups is 2. The van der Waals surface area contributed by atoms with E-state index in [0.717, 1.165) is 24.2 Å². The largest absolute Gasteiger partial charge is 0.507 e. The van der Waals surface area contributed by atoms with Crippen molar-refractivity contribution in [3.05, 3.63) is 64.7 Å². The third-order valence-corrected chi connectivity index (χ3v) is 6.27. The Morgan fingerprint density at radius 3 is 2.34 bits per heavy atom. The molecule has 1 N–H and O–H groups in total. The number of benzene rings is 2. The zero-order valence-corrected chi connectivity index (χ0v) is 21.3. The van der Waals surface area contributed by atoms with E-state index in [2.05, 4.69) is 18.7 Å². The number of carbonyl (C=O) groups excluding carboxylic acids is 2. The molecule has 1 aliphatic rings. The van der Waals surface area contributed by atoms with Gasteiger partial charge in [-0.25, -0.2) is 0 Å². The number of aliphatic hydroxyl groups excluding tert-OH is 1. The van der Waals surface area contributed by atoms with Gasteiger partial charge in [0, 0.05) is 19.2 Å². The molecule has 0 bridgehead atoms. The van der Waals surface area contributed by atoms with Gasteiger partial charge in [-0.2, -0.15) is 0 Å². The summed E-state index contributed by atoms with van der Waals surface area (Å²) in [5.74, 6) is -0.540. The SMILES string of the molecule is CCOc1ccc(/C(O)=C2/C(=O)C(=O)N(CCN(CC)CC)C2c2cccc(C)c2)c(OCC)c1. The molecule has 0 radical (unpaired) electrons. The Hall–Kier alpha value is -3.32. The van der Waals surface area contributed by atoms with Crippen LogP contribution in [0.3, 0.4) is 0 Å². The lowest BCUT2D eigenvalue weighted by Gasteiger charge is -2.28. The summed E-state index contributed by atoms with van der Waals surface area (Å²) in [5, 5.41) is 11.5. The number of Topliss-reactive ketones (excluding diaryl/α,β-unsaturated/α-hetero) is 1. The number of hydrogen-bond acceptors (Lipinski definition) is 6. The van der Waals surface area contributed by atoms with Gasteiger partial charge in [-0.05, 0) is 51.6 Å². The van der Waals surface area contributed by atoms with E-state index in [4.69, 9.17) is 9.47 Å². The van der Waals surface area contributed by atoms with Gasteiger partial charge in [-0.1, -0.05) is 43.7 Å². The Morgan fingerprint density at radius 1 is 1.00 bits per heavy atom. The number of ether oxygens (including phenoxy) is 2. The molecular weight excluding hydrogens is 444 g/mol. The van der Waals surface area contributed by atoms with Gasteiger partial charge in [0.05, 0.1) is 30.4 Å². The van der Waals surface area contributed by atoms with Crippen molar-refractivity contribution in [2.45, 2.75) is 40.7 Å². The Bertz CT molecular complexity index is 1090. The van der Waals surface area contributed by atoms with Gasteiger partial charge in [0.1, 0.15) is 17.3 Å². The van der Waals surface area contributed by atoms with Crippen molar-refractivity contribution in [2.75, 3.05) is 39.4 Å². The summed E-state index contributed by atoms with van der Waals surface area (Å²) in [6.07, 6.45) is 0. The molecule has 0 saturated carbocycles. The Balaban J connectivity index is 2.15. The fraction of sp³-hybridized carbons (Fsp3) is 0.429. The van der Waals surface area contributed by atoms with Crippen molar-refractivity contribution in [3.63, 3.8) is 0 Å². The van der Waals surface area contributed by atoms with Gasteiger partial charge in [0.15, 0.2) is 0 Å². The number of nitrogens with zero attached hydrogens (tertiary/aromatic N) is 2. The maximum absolute atomic E-state index is 13.3. The summed E-state index contributed by atoms with van der Waals surface area (Å²) >= 11 is 0. The molecule has 1 saturated heterocycles. The van der Waals surface area contributed by atoms with Crippen LogP contribution in [0.4, 0.5) is 0 Å². The van der Waals surface area contributed by atoms with Crippen LogP contribution in [0.2, 0.25) is 0 Å². The molecule has 1 aliphatic heterocycles.